The van der Waals surface area contributed by atoms with E-state index in [0.29, 0.717) is 12.8 Å². The highest BCUT2D eigenvalue weighted by Crippen LogP contribution is 2.45. The largest absolute Gasteiger partial charge is 0.481 e. The number of rotatable bonds is 7. The van der Waals surface area contributed by atoms with Gasteiger partial charge in [0.05, 0.1) is 12.2 Å². The fraction of sp³-hybridized carbons (Fsp3) is 0.417. The number of nitrogens with two attached hydrogens (primary N) is 1. The van der Waals surface area contributed by atoms with Gasteiger partial charge in [-0.3, -0.25) is 9.36 Å². The first-order valence-electron chi connectivity index (χ1n) is 5.74. The van der Waals surface area contributed by atoms with Gasteiger partial charge >= 0.3 is 5.97 Å². The minimum Gasteiger partial charge on any atom is -0.481 e. The van der Waals surface area contributed by atoms with Crippen LogP contribution >= 0.6 is 7.37 Å². The minimum atomic E-state index is -3.58. The summed E-state index contributed by atoms with van der Waals surface area (Å²) in [6.07, 6.45) is 0.391. The molecule has 0 aliphatic rings. The summed E-state index contributed by atoms with van der Waals surface area (Å²) in [6, 6.07) is 9.53. The van der Waals surface area contributed by atoms with Gasteiger partial charge in [0.15, 0.2) is 0 Å². The van der Waals surface area contributed by atoms with E-state index in [-0.39, 0.29) is 12.6 Å². The lowest BCUT2D eigenvalue weighted by molar-refractivity contribution is -0.136. The van der Waals surface area contributed by atoms with Gasteiger partial charge in [0.1, 0.15) is 0 Å². The molecule has 0 bridgehead atoms. The molecule has 6 heteroatoms. The Morgan fingerprint density at radius 2 is 1.94 bits per heavy atom. The van der Waals surface area contributed by atoms with Crippen molar-refractivity contribution in [2.75, 3.05) is 6.16 Å². The van der Waals surface area contributed by atoms with Crippen LogP contribution in [0.3, 0.4) is 0 Å². The Balaban J connectivity index is 2.46. The third-order valence-electron chi connectivity index (χ3n) is 2.74. The Kier molecular flexibility index (Phi) is 5.54. The SMILES string of the molecule is N[C@H](CCc1ccccc1)P(=O)(O)CCC(=O)O. The number of carbonyl (C=O) groups is 1. The Morgan fingerprint density at radius 1 is 1.33 bits per heavy atom. The van der Waals surface area contributed by atoms with E-state index in [1.165, 1.54) is 0 Å². The van der Waals surface area contributed by atoms with Crippen molar-refractivity contribution >= 4 is 13.3 Å². The van der Waals surface area contributed by atoms with E-state index in [2.05, 4.69) is 0 Å². The molecule has 0 aliphatic carbocycles. The summed E-state index contributed by atoms with van der Waals surface area (Å²) in [5, 5.41) is 8.49. The lowest BCUT2D eigenvalue weighted by Crippen LogP contribution is -2.23. The summed E-state index contributed by atoms with van der Waals surface area (Å²) in [4.78, 5) is 20.1. The van der Waals surface area contributed by atoms with Crippen molar-refractivity contribution < 1.29 is 19.4 Å². The van der Waals surface area contributed by atoms with Crippen molar-refractivity contribution in [2.45, 2.75) is 25.0 Å². The summed E-state index contributed by atoms with van der Waals surface area (Å²) >= 11 is 0. The molecule has 1 aromatic rings. The highest BCUT2D eigenvalue weighted by Gasteiger charge is 2.27. The summed E-state index contributed by atoms with van der Waals surface area (Å²) in [7, 11) is -3.58. The van der Waals surface area contributed by atoms with Crippen molar-refractivity contribution in [3.05, 3.63) is 35.9 Å². The van der Waals surface area contributed by atoms with E-state index in [1.807, 2.05) is 30.3 Å². The zero-order valence-corrected chi connectivity index (χ0v) is 10.9. The molecule has 0 amide bonds. The molecule has 0 radical (unpaired) electrons. The molecule has 0 aliphatic heterocycles. The van der Waals surface area contributed by atoms with Crippen LogP contribution in [0, 0.1) is 0 Å². The minimum absolute atomic E-state index is 0.266. The maximum absolute atomic E-state index is 11.8. The molecule has 0 saturated heterocycles. The van der Waals surface area contributed by atoms with Gasteiger partial charge in [-0.25, -0.2) is 0 Å². The summed E-state index contributed by atoms with van der Waals surface area (Å²) < 4.78 is 11.8. The van der Waals surface area contributed by atoms with Gasteiger partial charge < -0.3 is 15.7 Å². The monoisotopic (exact) mass is 271 g/mol. The van der Waals surface area contributed by atoms with E-state index in [1.54, 1.807) is 0 Å². The van der Waals surface area contributed by atoms with Crippen LogP contribution in [0.4, 0.5) is 0 Å². The van der Waals surface area contributed by atoms with Gasteiger partial charge in [-0.2, -0.15) is 0 Å². The fourth-order valence-electron chi connectivity index (χ4n) is 1.58. The van der Waals surface area contributed by atoms with Crippen LogP contribution < -0.4 is 5.73 Å². The quantitative estimate of drug-likeness (QED) is 0.654. The van der Waals surface area contributed by atoms with Crippen LogP contribution in [0.1, 0.15) is 18.4 Å². The van der Waals surface area contributed by atoms with Crippen LogP contribution in [0.25, 0.3) is 0 Å². The van der Waals surface area contributed by atoms with Crippen molar-refractivity contribution in [2.24, 2.45) is 5.73 Å². The molecule has 1 aromatic carbocycles. The van der Waals surface area contributed by atoms with Crippen molar-refractivity contribution in [1.82, 2.24) is 0 Å². The van der Waals surface area contributed by atoms with E-state index in [4.69, 9.17) is 10.8 Å². The molecule has 5 nitrogen and oxygen atoms in total. The first-order chi connectivity index (χ1) is 8.42. The van der Waals surface area contributed by atoms with Gasteiger partial charge in [-0.15, -0.1) is 0 Å². The number of carboxylic acid groups (broad SMARTS) is 1. The molecule has 0 fully saturated rings. The zero-order chi connectivity index (χ0) is 13.6. The highest BCUT2D eigenvalue weighted by molar-refractivity contribution is 7.58. The Labute approximate surface area is 106 Å². The number of aryl methyl sites for hydroxylation is 1. The summed E-state index contributed by atoms with van der Waals surface area (Å²) in [5.74, 6) is -1.95. The molecular weight excluding hydrogens is 253 g/mol. The van der Waals surface area contributed by atoms with Gasteiger partial charge in [0.25, 0.3) is 0 Å². The van der Waals surface area contributed by atoms with E-state index in [9.17, 15) is 14.3 Å². The molecule has 1 unspecified atom stereocenters. The maximum atomic E-state index is 11.8. The number of benzene rings is 1. The van der Waals surface area contributed by atoms with Crippen LogP contribution in [0.15, 0.2) is 30.3 Å². The predicted octanol–water partition coefficient (Wildman–Crippen LogP) is 1.65. The molecule has 1 rings (SSSR count). The molecular formula is C12H18NO4P. The average molecular weight is 271 g/mol. The van der Waals surface area contributed by atoms with Gasteiger partial charge in [-0.1, -0.05) is 30.3 Å². The smallest absolute Gasteiger partial charge is 0.303 e. The first kappa shape index (κ1) is 14.9. The van der Waals surface area contributed by atoms with Crippen molar-refractivity contribution in [3.8, 4) is 0 Å². The number of hydrogen-bond acceptors (Lipinski definition) is 3. The van der Waals surface area contributed by atoms with Crippen LogP contribution in [0.5, 0.6) is 0 Å². The van der Waals surface area contributed by atoms with E-state index < -0.39 is 19.1 Å². The van der Waals surface area contributed by atoms with Crippen LogP contribution in [-0.4, -0.2) is 27.9 Å². The molecule has 100 valence electrons. The normalized spacial score (nSPS) is 15.9. The third-order valence-corrected chi connectivity index (χ3v) is 4.89. The average Bonchev–Trinajstić information content (AvgIpc) is 2.35. The van der Waals surface area contributed by atoms with Crippen LogP contribution in [0.2, 0.25) is 0 Å². The third kappa shape index (κ3) is 5.00. The molecule has 4 N–H and O–H groups in total. The highest BCUT2D eigenvalue weighted by atomic mass is 31.2. The molecule has 0 aromatic heterocycles. The van der Waals surface area contributed by atoms with E-state index >= 15 is 0 Å². The molecule has 18 heavy (non-hydrogen) atoms. The fourth-order valence-corrected chi connectivity index (χ4v) is 2.96. The van der Waals surface area contributed by atoms with E-state index in [0.717, 1.165) is 5.56 Å². The van der Waals surface area contributed by atoms with Crippen molar-refractivity contribution in [1.29, 1.82) is 0 Å². The zero-order valence-electron chi connectivity index (χ0n) is 10.0. The standard InChI is InChI=1S/C12H18NO4P/c13-11(18(16,17)9-8-12(14)15)7-6-10-4-2-1-3-5-10/h1-5,11H,6-9,13H2,(H,14,15)(H,16,17)/t11-/m0/s1. The maximum Gasteiger partial charge on any atom is 0.303 e. The molecule has 0 heterocycles. The lowest BCUT2D eigenvalue weighted by Gasteiger charge is -2.18. The van der Waals surface area contributed by atoms with Crippen molar-refractivity contribution in [3.63, 3.8) is 0 Å². The van der Waals surface area contributed by atoms with Gasteiger partial charge in [-0.05, 0) is 18.4 Å². The summed E-state index contributed by atoms with van der Waals surface area (Å²) in [5.41, 5.74) is 6.73. The number of aliphatic carboxylic acids is 1. The number of carboxylic acids is 1. The Hall–Kier alpha value is -1.16. The van der Waals surface area contributed by atoms with Crippen LogP contribution in [-0.2, 0) is 15.8 Å². The first-order valence-corrected chi connectivity index (χ1v) is 7.66. The topological polar surface area (TPSA) is 101 Å². The second-order valence-corrected chi connectivity index (χ2v) is 6.84. The summed E-state index contributed by atoms with van der Waals surface area (Å²) in [6.45, 7) is 0. The lowest BCUT2D eigenvalue weighted by atomic mass is 10.1. The Morgan fingerprint density at radius 3 is 2.50 bits per heavy atom. The molecule has 0 spiro atoms. The van der Waals surface area contributed by atoms with Gasteiger partial charge in [0.2, 0.25) is 7.37 Å². The Bertz CT molecular complexity index is 435. The number of hydrogen-bond donors (Lipinski definition) is 3. The second-order valence-electron chi connectivity index (χ2n) is 4.21. The molecule has 0 saturated carbocycles. The predicted molar refractivity (Wildman–Crippen MR) is 69.7 cm³/mol. The molecule has 2 atom stereocenters. The second kappa shape index (κ2) is 6.69. The van der Waals surface area contributed by atoms with Gasteiger partial charge in [0, 0.05) is 6.16 Å².